The second kappa shape index (κ2) is 6.57. The van der Waals surface area contributed by atoms with Crippen molar-refractivity contribution in [3.8, 4) is 5.75 Å². The van der Waals surface area contributed by atoms with E-state index in [0.29, 0.717) is 5.56 Å². The van der Waals surface area contributed by atoms with Crippen LogP contribution in [0, 0.1) is 0 Å². The fourth-order valence-corrected chi connectivity index (χ4v) is 2.22. The molecule has 0 aliphatic heterocycles. The molecule has 1 amide bonds. The third kappa shape index (κ3) is 3.84. The van der Waals surface area contributed by atoms with E-state index in [1.165, 1.54) is 0 Å². The van der Waals surface area contributed by atoms with Crippen LogP contribution in [-0.4, -0.2) is 11.0 Å². The van der Waals surface area contributed by atoms with Gasteiger partial charge in [0.05, 0.1) is 12.5 Å². The largest absolute Gasteiger partial charge is 0.508 e. The number of hydrogen-bond donors (Lipinski definition) is 2. The quantitative estimate of drug-likeness (QED) is 0.898. The van der Waals surface area contributed by atoms with E-state index in [9.17, 15) is 9.90 Å². The molecule has 20 heavy (non-hydrogen) atoms. The molecule has 2 aromatic carbocycles. The summed E-state index contributed by atoms with van der Waals surface area (Å²) in [5, 5.41) is 12.6. The van der Waals surface area contributed by atoms with Gasteiger partial charge in [0, 0.05) is 10.0 Å². The zero-order chi connectivity index (χ0) is 14.5. The van der Waals surface area contributed by atoms with Gasteiger partial charge in [0.1, 0.15) is 5.75 Å². The number of rotatable bonds is 4. The minimum atomic E-state index is -0.109. The predicted octanol–water partition coefficient (Wildman–Crippen LogP) is 3.57. The number of benzene rings is 2. The molecule has 0 aliphatic carbocycles. The van der Waals surface area contributed by atoms with Gasteiger partial charge in [0.25, 0.3) is 0 Å². The number of para-hydroxylation sites is 1. The summed E-state index contributed by atoms with van der Waals surface area (Å²) in [4.78, 5) is 12.0. The summed E-state index contributed by atoms with van der Waals surface area (Å²) in [5.74, 6) is 0.0425. The van der Waals surface area contributed by atoms with Gasteiger partial charge in [-0.15, -0.1) is 0 Å². The van der Waals surface area contributed by atoms with Gasteiger partial charge in [-0.25, -0.2) is 0 Å². The average Bonchev–Trinajstić information content (AvgIpc) is 2.42. The smallest absolute Gasteiger partial charge is 0.225 e. The Morgan fingerprint density at radius 3 is 2.50 bits per heavy atom. The first-order chi connectivity index (χ1) is 9.56. The average molecular weight is 334 g/mol. The lowest BCUT2D eigenvalue weighted by Crippen LogP contribution is -2.28. The van der Waals surface area contributed by atoms with Gasteiger partial charge in [-0.3, -0.25) is 4.79 Å². The van der Waals surface area contributed by atoms with Gasteiger partial charge < -0.3 is 10.4 Å². The molecular weight excluding hydrogens is 318 g/mol. The fourth-order valence-electron chi connectivity index (χ4n) is 1.96. The number of nitrogens with one attached hydrogen (secondary N) is 1. The summed E-state index contributed by atoms with van der Waals surface area (Å²) in [6, 6.07) is 14.6. The summed E-state index contributed by atoms with van der Waals surface area (Å²) in [7, 11) is 0. The number of halogens is 1. The van der Waals surface area contributed by atoms with E-state index >= 15 is 0 Å². The van der Waals surface area contributed by atoms with Crippen molar-refractivity contribution in [3.05, 3.63) is 64.1 Å². The highest BCUT2D eigenvalue weighted by molar-refractivity contribution is 9.10. The van der Waals surface area contributed by atoms with Gasteiger partial charge in [0.15, 0.2) is 0 Å². The van der Waals surface area contributed by atoms with Crippen LogP contribution in [0.15, 0.2) is 53.0 Å². The number of aromatic hydroxyl groups is 1. The van der Waals surface area contributed by atoms with Crippen molar-refractivity contribution in [2.45, 2.75) is 19.4 Å². The molecule has 2 rings (SSSR count). The number of carbonyl (C=O) groups excluding carboxylic acids is 1. The molecule has 0 radical (unpaired) electrons. The lowest BCUT2D eigenvalue weighted by atomic mass is 10.1. The van der Waals surface area contributed by atoms with Crippen molar-refractivity contribution in [1.29, 1.82) is 0 Å². The normalized spacial score (nSPS) is 11.9. The van der Waals surface area contributed by atoms with Crippen LogP contribution in [0.25, 0.3) is 0 Å². The molecule has 0 fully saturated rings. The molecule has 0 saturated heterocycles. The number of phenols is 1. The van der Waals surface area contributed by atoms with E-state index < -0.39 is 0 Å². The second-order valence-electron chi connectivity index (χ2n) is 4.65. The van der Waals surface area contributed by atoms with Crippen LogP contribution in [0.2, 0.25) is 0 Å². The van der Waals surface area contributed by atoms with Gasteiger partial charge >= 0.3 is 0 Å². The van der Waals surface area contributed by atoms with E-state index in [1.807, 2.05) is 31.2 Å². The van der Waals surface area contributed by atoms with Crippen molar-refractivity contribution in [2.24, 2.45) is 0 Å². The number of carbonyl (C=O) groups is 1. The first-order valence-corrected chi connectivity index (χ1v) is 7.17. The van der Waals surface area contributed by atoms with E-state index in [4.69, 9.17) is 0 Å². The highest BCUT2D eigenvalue weighted by atomic mass is 79.9. The lowest BCUT2D eigenvalue weighted by molar-refractivity contribution is -0.121. The number of phenolic OH excluding ortho intramolecular Hbond substituents is 1. The van der Waals surface area contributed by atoms with Crippen LogP contribution in [0.5, 0.6) is 5.75 Å². The Kier molecular flexibility index (Phi) is 4.79. The molecule has 1 unspecified atom stereocenters. The summed E-state index contributed by atoms with van der Waals surface area (Å²) in [5.41, 5.74) is 1.67. The highest BCUT2D eigenvalue weighted by Crippen LogP contribution is 2.18. The molecule has 0 bridgehead atoms. The van der Waals surface area contributed by atoms with Crippen LogP contribution in [0.4, 0.5) is 0 Å². The SMILES string of the molecule is CC(NC(=O)Cc1ccccc1O)c1ccc(Br)cc1. The molecule has 0 heterocycles. The van der Waals surface area contributed by atoms with Crippen LogP contribution < -0.4 is 5.32 Å². The third-order valence-electron chi connectivity index (χ3n) is 3.09. The van der Waals surface area contributed by atoms with E-state index in [-0.39, 0.29) is 24.1 Å². The third-order valence-corrected chi connectivity index (χ3v) is 3.62. The minimum absolute atomic E-state index is 0.0681. The number of hydrogen-bond acceptors (Lipinski definition) is 2. The maximum atomic E-state index is 12.0. The van der Waals surface area contributed by atoms with E-state index in [0.717, 1.165) is 10.0 Å². The van der Waals surface area contributed by atoms with Crippen LogP contribution >= 0.6 is 15.9 Å². The van der Waals surface area contributed by atoms with Crippen molar-refractivity contribution in [1.82, 2.24) is 5.32 Å². The second-order valence-corrected chi connectivity index (χ2v) is 5.56. The molecule has 3 nitrogen and oxygen atoms in total. The minimum Gasteiger partial charge on any atom is -0.508 e. The zero-order valence-corrected chi connectivity index (χ0v) is 12.7. The topological polar surface area (TPSA) is 49.3 Å². The maximum absolute atomic E-state index is 12.0. The Bertz CT molecular complexity index is 596. The van der Waals surface area contributed by atoms with Gasteiger partial charge in [-0.1, -0.05) is 46.3 Å². The summed E-state index contributed by atoms with van der Waals surface area (Å²) >= 11 is 3.38. The molecule has 4 heteroatoms. The Balaban J connectivity index is 1.98. The fraction of sp³-hybridized carbons (Fsp3) is 0.188. The van der Waals surface area contributed by atoms with Crippen LogP contribution in [-0.2, 0) is 11.2 Å². The summed E-state index contributed by atoms with van der Waals surface area (Å²) in [6.07, 6.45) is 0.174. The Morgan fingerprint density at radius 2 is 1.85 bits per heavy atom. The Labute approximate surface area is 126 Å². The van der Waals surface area contributed by atoms with Crippen molar-refractivity contribution < 1.29 is 9.90 Å². The first-order valence-electron chi connectivity index (χ1n) is 6.38. The van der Waals surface area contributed by atoms with Gasteiger partial charge in [-0.2, -0.15) is 0 Å². The van der Waals surface area contributed by atoms with Crippen LogP contribution in [0.3, 0.4) is 0 Å². The van der Waals surface area contributed by atoms with E-state index in [1.54, 1.807) is 24.3 Å². The predicted molar refractivity (Wildman–Crippen MR) is 82.5 cm³/mol. The van der Waals surface area contributed by atoms with Crippen LogP contribution in [0.1, 0.15) is 24.1 Å². The van der Waals surface area contributed by atoms with E-state index in [2.05, 4.69) is 21.2 Å². The monoisotopic (exact) mass is 333 g/mol. The maximum Gasteiger partial charge on any atom is 0.225 e. The van der Waals surface area contributed by atoms with Gasteiger partial charge in [0.2, 0.25) is 5.91 Å². The number of amides is 1. The first kappa shape index (κ1) is 14.6. The van der Waals surface area contributed by atoms with Crippen molar-refractivity contribution in [2.75, 3.05) is 0 Å². The molecule has 2 N–H and O–H groups in total. The Morgan fingerprint density at radius 1 is 1.20 bits per heavy atom. The molecule has 1 atom stereocenters. The Hall–Kier alpha value is -1.81. The van der Waals surface area contributed by atoms with Gasteiger partial charge in [-0.05, 0) is 30.7 Å². The molecular formula is C16H16BrNO2. The summed E-state index contributed by atoms with van der Waals surface area (Å²) in [6.45, 7) is 1.94. The highest BCUT2D eigenvalue weighted by Gasteiger charge is 2.11. The van der Waals surface area contributed by atoms with Crippen molar-refractivity contribution in [3.63, 3.8) is 0 Å². The van der Waals surface area contributed by atoms with Crippen molar-refractivity contribution >= 4 is 21.8 Å². The standard InChI is InChI=1S/C16H16BrNO2/c1-11(12-6-8-14(17)9-7-12)18-16(20)10-13-4-2-3-5-15(13)19/h2-9,11,19H,10H2,1H3,(H,18,20). The molecule has 0 saturated carbocycles. The molecule has 0 spiro atoms. The lowest BCUT2D eigenvalue weighted by Gasteiger charge is -2.14. The summed E-state index contributed by atoms with van der Waals surface area (Å²) < 4.78 is 1.01. The molecule has 104 valence electrons. The molecule has 2 aromatic rings. The molecule has 0 aromatic heterocycles. The molecule has 0 aliphatic rings. The zero-order valence-electron chi connectivity index (χ0n) is 11.1.